The summed E-state index contributed by atoms with van der Waals surface area (Å²) >= 11 is 0. The Balaban J connectivity index is 3.79. The Morgan fingerprint density at radius 3 is 1.63 bits per heavy atom. The fraction of sp³-hybridized carbons (Fsp3) is 0.698. The predicted molar refractivity (Wildman–Crippen MR) is 228 cm³/mol. The lowest BCUT2D eigenvalue weighted by molar-refractivity contribution is -0.158. The van der Waals surface area contributed by atoms with Gasteiger partial charge in [-0.3, -0.25) is 28.8 Å². The highest BCUT2D eigenvalue weighted by atomic mass is 19.1. The Labute approximate surface area is 365 Å². The van der Waals surface area contributed by atoms with Crippen molar-refractivity contribution in [2.24, 2.45) is 5.73 Å². The molecule has 1 aromatic carbocycles. The fourth-order valence-corrected chi connectivity index (χ4v) is 5.93. The van der Waals surface area contributed by atoms with Gasteiger partial charge in [0.25, 0.3) is 0 Å². The highest BCUT2D eigenvalue weighted by Crippen LogP contribution is 2.21. The van der Waals surface area contributed by atoms with Crippen LogP contribution in [-0.4, -0.2) is 124 Å². The van der Waals surface area contributed by atoms with Gasteiger partial charge >= 0.3 is 11.9 Å². The molecule has 1 aromatic rings. The summed E-state index contributed by atoms with van der Waals surface area (Å²) in [4.78, 5) is 94.2. The molecule has 8 N–H and O–H groups in total. The van der Waals surface area contributed by atoms with E-state index in [1.54, 1.807) is 90.0 Å². The summed E-state index contributed by atoms with van der Waals surface area (Å²) in [6.07, 6.45) is -3.30. The summed E-state index contributed by atoms with van der Waals surface area (Å²) in [5.41, 5.74) is 0.0492. The summed E-state index contributed by atoms with van der Waals surface area (Å²) in [6.45, 7) is 23.5. The van der Waals surface area contributed by atoms with Gasteiger partial charge < -0.3 is 56.4 Å². The van der Waals surface area contributed by atoms with Gasteiger partial charge in [0, 0.05) is 6.42 Å². The van der Waals surface area contributed by atoms with Crippen LogP contribution in [0.3, 0.4) is 0 Å². The molecule has 7 atom stereocenters. The van der Waals surface area contributed by atoms with Crippen molar-refractivity contribution in [1.29, 1.82) is 0 Å². The van der Waals surface area contributed by atoms with E-state index in [9.17, 15) is 38.7 Å². The van der Waals surface area contributed by atoms with Crippen LogP contribution in [0.1, 0.15) is 116 Å². The van der Waals surface area contributed by atoms with Gasteiger partial charge in [-0.15, -0.1) is 0 Å². The number of esters is 1. The van der Waals surface area contributed by atoms with Crippen molar-refractivity contribution in [3.63, 3.8) is 0 Å². The van der Waals surface area contributed by atoms with Gasteiger partial charge in [0.05, 0.1) is 48.6 Å². The Bertz CT molecular complexity index is 1730. The summed E-state index contributed by atoms with van der Waals surface area (Å²) in [7, 11) is 0. The van der Waals surface area contributed by atoms with Crippen LogP contribution in [0.2, 0.25) is 0 Å². The molecule has 18 nitrogen and oxygen atoms in total. The molecule has 0 spiro atoms. The smallest absolute Gasteiger partial charge is 0.326 e. The molecule has 0 radical (unpaired) electrons. The first-order valence-electron chi connectivity index (χ1n) is 20.5. The maximum atomic E-state index is 15.2. The highest BCUT2D eigenvalue weighted by Gasteiger charge is 2.43. The number of hydrogen-bond acceptors (Lipinski definition) is 12. The average Bonchev–Trinajstić information content (AvgIpc) is 3.08. The van der Waals surface area contributed by atoms with Crippen LogP contribution in [-0.2, 0) is 58.9 Å². The molecule has 1 rings (SSSR count). The number of amides is 5. The molecule has 0 aliphatic rings. The number of benzene rings is 1. The minimum absolute atomic E-state index is 0.0161. The van der Waals surface area contributed by atoms with Crippen molar-refractivity contribution in [3.8, 4) is 0 Å². The molecule has 0 aliphatic heterocycles. The number of carbonyl (C=O) groups excluding carboxylic acids is 6. The topological polar surface area (TPSA) is 263 Å². The molecule has 0 unspecified atom stereocenters. The van der Waals surface area contributed by atoms with Gasteiger partial charge in [-0.1, -0.05) is 18.2 Å². The van der Waals surface area contributed by atoms with Crippen molar-refractivity contribution in [1.82, 2.24) is 26.6 Å². The molecule has 0 saturated carbocycles. The first-order valence-corrected chi connectivity index (χ1v) is 20.5. The minimum Gasteiger partial charge on any atom is -0.480 e. The van der Waals surface area contributed by atoms with E-state index in [1.165, 1.54) is 38.1 Å². The molecule has 352 valence electrons. The van der Waals surface area contributed by atoms with Gasteiger partial charge in [-0.05, 0) is 115 Å². The molecular formula is C43H71FN6O12. The number of carbonyl (C=O) groups is 7. The third-order valence-corrected chi connectivity index (χ3v) is 8.49. The zero-order chi connectivity index (χ0) is 48.2. The first-order chi connectivity index (χ1) is 28.1. The Morgan fingerprint density at radius 2 is 1.18 bits per heavy atom. The third-order valence-electron chi connectivity index (χ3n) is 8.49. The Kier molecular flexibility index (Phi) is 20.1. The number of carboxylic acids is 1. The van der Waals surface area contributed by atoms with Crippen LogP contribution < -0.4 is 32.3 Å². The van der Waals surface area contributed by atoms with Crippen LogP contribution in [0.5, 0.6) is 0 Å². The SMILES string of the molecule is C[C@@H](OC(C)(C)C)[C@H](NC(=O)CN)C(=O)N[C@@](C)(Cc1ccccc1F)C(=O)N[C@H](C(=O)N[C@@H](COC(C)(C)C)C(=O)N[C@@H](CC(=O)OC(C)(C)C)C(=O)O)[C@@H](C)OC(C)(C)C. The summed E-state index contributed by atoms with van der Waals surface area (Å²) in [5, 5.41) is 22.5. The molecule has 0 aromatic heterocycles. The van der Waals surface area contributed by atoms with Crippen molar-refractivity contribution < 1.29 is 62.0 Å². The van der Waals surface area contributed by atoms with Gasteiger partial charge in [-0.25, -0.2) is 9.18 Å². The van der Waals surface area contributed by atoms with Crippen LogP contribution in [0, 0.1) is 5.82 Å². The molecular weight excluding hydrogens is 812 g/mol. The molecule has 0 bridgehead atoms. The van der Waals surface area contributed by atoms with E-state index in [4.69, 9.17) is 24.7 Å². The summed E-state index contributed by atoms with van der Waals surface area (Å²) in [6, 6.07) is -0.827. The lowest BCUT2D eigenvalue weighted by atomic mass is 9.90. The average molecular weight is 883 g/mol. The zero-order valence-electron chi connectivity index (χ0n) is 39.0. The largest absolute Gasteiger partial charge is 0.480 e. The number of aliphatic carboxylic acids is 1. The zero-order valence-corrected chi connectivity index (χ0v) is 39.0. The van der Waals surface area contributed by atoms with Crippen molar-refractivity contribution >= 4 is 41.5 Å². The lowest BCUT2D eigenvalue weighted by Gasteiger charge is -2.37. The summed E-state index contributed by atoms with van der Waals surface area (Å²) in [5.74, 6) is -7.78. The van der Waals surface area contributed by atoms with Crippen molar-refractivity contribution in [2.75, 3.05) is 13.2 Å². The second-order valence-corrected chi connectivity index (χ2v) is 19.3. The van der Waals surface area contributed by atoms with E-state index in [1.807, 2.05) is 0 Å². The number of carboxylic acid groups (broad SMARTS) is 1. The standard InChI is InChI=1S/C43H71FN6O12/c1-24(60-40(6,7)8)32(35(54)47-29(23-59-39(3,4)5)34(53)46-28(37(56)57)20-31(52)62-42(12,13)14)49-38(58)43(15,21-26-18-16-17-19-27(26)44)50-36(55)33(48-30(51)22-45)25(2)61-41(9,10)11/h16-19,24-25,28-29,32-33H,20-23,45H2,1-15H3,(H,46,53)(H,47,54)(H,48,51)(H,49,58)(H,50,55)(H,56,57)/t24-,25-,28+,29+,32+,33+,43+/m1/s1. The number of nitrogens with two attached hydrogens (primary N) is 1. The van der Waals surface area contributed by atoms with E-state index in [2.05, 4.69) is 26.6 Å². The first kappa shape index (κ1) is 55.3. The van der Waals surface area contributed by atoms with E-state index >= 15 is 4.39 Å². The second-order valence-electron chi connectivity index (χ2n) is 19.3. The third kappa shape index (κ3) is 20.4. The molecule has 62 heavy (non-hydrogen) atoms. The number of nitrogens with one attached hydrogen (secondary N) is 5. The minimum atomic E-state index is -2.05. The van der Waals surface area contributed by atoms with E-state index in [0.29, 0.717) is 0 Å². The fourth-order valence-electron chi connectivity index (χ4n) is 5.93. The van der Waals surface area contributed by atoms with Gasteiger partial charge in [0.1, 0.15) is 41.1 Å². The number of rotatable bonds is 21. The monoisotopic (exact) mass is 883 g/mol. The lowest BCUT2D eigenvalue weighted by Crippen LogP contribution is -2.67. The second kappa shape index (κ2) is 22.6. The van der Waals surface area contributed by atoms with Gasteiger partial charge in [-0.2, -0.15) is 0 Å². The van der Waals surface area contributed by atoms with E-state index < -0.39 is 138 Å². The molecule has 19 heteroatoms. The maximum Gasteiger partial charge on any atom is 0.326 e. The number of halogens is 1. The quantitative estimate of drug-likeness (QED) is 0.0875. The number of hydrogen-bond donors (Lipinski definition) is 7. The molecule has 0 aliphatic carbocycles. The molecule has 0 fully saturated rings. The predicted octanol–water partition coefficient (Wildman–Crippen LogP) is 2.18. The van der Waals surface area contributed by atoms with Crippen LogP contribution in [0.4, 0.5) is 4.39 Å². The van der Waals surface area contributed by atoms with E-state index in [-0.39, 0.29) is 5.56 Å². The van der Waals surface area contributed by atoms with Crippen LogP contribution in [0.25, 0.3) is 0 Å². The van der Waals surface area contributed by atoms with Crippen LogP contribution >= 0.6 is 0 Å². The number of ether oxygens (including phenoxy) is 4. The van der Waals surface area contributed by atoms with Gasteiger partial charge in [0.15, 0.2) is 0 Å². The molecule has 0 heterocycles. The summed E-state index contributed by atoms with van der Waals surface area (Å²) < 4.78 is 38.4. The Morgan fingerprint density at radius 1 is 0.677 bits per heavy atom. The normalized spacial score (nSPS) is 16.2. The maximum absolute atomic E-state index is 15.2. The van der Waals surface area contributed by atoms with E-state index in [0.717, 1.165) is 0 Å². The Hall–Kier alpha value is -4.72. The molecule has 0 saturated heterocycles. The van der Waals surface area contributed by atoms with Gasteiger partial charge in [0.2, 0.25) is 29.5 Å². The van der Waals surface area contributed by atoms with Crippen LogP contribution in [0.15, 0.2) is 24.3 Å². The van der Waals surface area contributed by atoms with Crippen molar-refractivity contribution in [3.05, 3.63) is 35.6 Å². The van der Waals surface area contributed by atoms with Crippen molar-refractivity contribution in [2.45, 2.75) is 181 Å². The highest BCUT2D eigenvalue weighted by molar-refractivity contribution is 5.98. The molecule has 5 amide bonds.